The number of nitrogens with zero attached hydrogens (tertiary/aromatic N) is 1. The van der Waals surface area contributed by atoms with Crippen molar-refractivity contribution in [3.8, 4) is 5.75 Å². The molecule has 2 aromatic rings. The van der Waals surface area contributed by atoms with Crippen molar-refractivity contribution in [3.05, 3.63) is 52.6 Å². The Morgan fingerprint density at radius 1 is 1.22 bits per heavy atom. The van der Waals surface area contributed by atoms with Crippen molar-refractivity contribution >= 4 is 10.8 Å². The summed E-state index contributed by atoms with van der Waals surface area (Å²) in [5, 5.41) is 28.9. The van der Waals surface area contributed by atoms with Gasteiger partial charge in [0.15, 0.2) is 0 Å². The number of ether oxygens (including phenoxy) is 1. The van der Waals surface area contributed by atoms with Gasteiger partial charge >= 0.3 is 0 Å². The van der Waals surface area contributed by atoms with Crippen LogP contribution in [0.4, 0.5) is 0 Å². The van der Waals surface area contributed by atoms with Gasteiger partial charge in [0.1, 0.15) is 18.5 Å². The van der Waals surface area contributed by atoms with E-state index in [0.29, 0.717) is 19.2 Å². The van der Waals surface area contributed by atoms with E-state index < -0.39 is 11.2 Å². The van der Waals surface area contributed by atoms with Crippen molar-refractivity contribution in [1.82, 2.24) is 5.32 Å². The Morgan fingerprint density at radius 3 is 2.48 bits per heavy atom. The van der Waals surface area contributed by atoms with E-state index in [-0.39, 0.29) is 0 Å². The lowest BCUT2D eigenvalue weighted by Crippen LogP contribution is -2.35. The number of fused-ring (bicyclic) bond motifs is 1. The maximum absolute atomic E-state index is 9.84. The van der Waals surface area contributed by atoms with Crippen LogP contribution in [-0.2, 0) is 0 Å². The van der Waals surface area contributed by atoms with E-state index >= 15 is 0 Å². The number of nitrogens with one attached hydrogen (secondary N) is 1. The summed E-state index contributed by atoms with van der Waals surface area (Å²) in [4.78, 5) is 8.36. The van der Waals surface area contributed by atoms with Crippen molar-refractivity contribution in [2.24, 2.45) is 0 Å². The van der Waals surface area contributed by atoms with Crippen LogP contribution in [-0.4, -0.2) is 40.7 Å². The second-order valence-electron chi connectivity index (χ2n) is 5.24. The third-order valence-corrected chi connectivity index (χ3v) is 2.94. The summed E-state index contributed by atoms with van der Waals surface area (Å²) in [6.45, 7) is 4.95. The summed E-state index contributed by atoms with van der Waals surface area (Å²) in [6, 6.07) is 14.4. The van der Waals surface area contributed by atoms with E-state index in [1.165, 1.54) is 0 Å². The lowest BCUT2D eigenvalue weighted by molar-refractivity contribution is -0.742. The second-order valence-corrected chi connectivity index (χ2v) is 5.24. The first-order valence-electron chi connectivity index (χ1n) is 7.25. The maximum atomic E-state index is 9.84. The van der Waals surface area contributed by atoms with Gasteiger partial charge in [-0.2, -0.15) is 0 Å². The average molecular weight is 322 g/mol. The van der Waals surface area contributed by atoms with Crippen LogP contribution in [0.25, 0.3) is 10.8 Å². The van der Waals surface area contributed by atoms with Crippen molar-refractivity contribution < 1.29 is 20.1 Å². The van der Waals surface area contributed by atoms with Gasteiger partial charge in [0.2, 0.25) is 0 Å². The molecule has 1 unspecified atom stereocenters. The minimum Gasteiger partial charge on any atom is -0.490 e. The third kappa shape index (κ3) is 7.44. The Morgan fingerprint density at radius 2 is 1.83 bits per heavy atom. The van der Waals surface area contributed by atoms with Crippen molar-refractivity contribution in [2.75, 3.05) is 13.2 Å². The first-order valence-corrected chi connectivity index (χ1v) is 7.25. The highest BCUT2D eigenvalue weighted by Gasteiger charge is 2.07. The van der Waals surface area contributed by atoms with Crippen LogP contribution in [0.1, 0.15) is 13.8 Å². The molecule has 0 spiro atoms. The number of hydrogen-bond acceptors (Lipinski definition) is 5. The van der Waals surface area contributed by atoms with Crippen LogP contribution in [0.5, 0.6) is 5.75 Å². The first-order chi connectivity index (χ1) is 10.9. The molecule has 0 aliphatic heterocycles. The van der Waals surface area contributed by atoms with Gasteiger partial charge in [-0.25, -0.2) is 0 Å². The minimum atomic E-state index is -1.50. The Bertz CT molecular complexity index is 609. The molecule has 7 heteroatoms. The van der Waals surface area contributed by atoms with Gasteiger partial charge in [-0.05, 0) is 11.5 Å². The number of benzene rings is 2. The summed E-state index contributed by atoms with van der Waals surface area (Å²) >= 11 is 0. The van der Waals surface area contributed by atoms with Crippen LogP contribution in [0.3, 0.4) is 0 Å². The molecule has 1 atom stereocenters. The van der Waals surface area contributed by atoms with Crippen LogP contribution in [0.2, 0.25) is 0 Å². The van der Waals surface area contributed by atoms with Gasteiger partial charge in [-0.1, -0.05) is 50.2 Å². The summed E-state index contributed by atoms with van der Waals surface area (Å²) in [6.07, 6.45) is -0.499. The topological polar surface area (TPSA) is 105 Å². The SMILES string of the molecule is CC(C)NCC(O)COc1cccc2ccccc12.O=[N+]([O-])O. The highest BCUT2D eigenvalue weighted by molar-refractivity contribution is 5.88. The van der Waals surface area contributed by atoms with E-state index in [0.717, 1.165) is 16.5 Å². The van der Waals surface area contributed by atoms with Gasteiger partial charge in [-0.15, -0.1) is 10.1 Å². The van der Waals surface area contributed by atoms with Gasteiger partial charge in [0.05, 0.1) is 0 Å². The highest BCUT2D eigenvalue weighted by atomic mass is 16.9. The van der Waals surface area contributed by atoms with Crippen LogP contribution >= 0.6 is 0 Å². The predicted octanol–water partition coefficient (Wildman–Crippen LogP) is 2.23. The first kappa shape index (κ1) is 18.7. The summed E-state index contributed by atoms with van der Waals surface area (Å²) in [5.74, 6) is 0.821. The third-order valence-electron chi connectivity index (χ3n) is 2.94. The number of rotatable bonds is 6. The second kappa shape index (κ2) is 9.60. The highest BCUT2D eigenvalue weighted by Crippen LogP contribution is 2.25. The zero-order valence-corrected chi connectivity index (χ0v) is 13.2. The molecule has 2 aromatic carbocycles. The molecular weight excluding hydrogens is 300 g/mol. The van der Waals surface area contributed by atoms with Crippen LogP contribution in [0.15, 0.2) is 42.5 Å². The maximum Gasteiger partial charge on any atom is 0.291 e. The van der Waals surface area contributed by atoms with Crippen molar-refractivity contribution in [1.29, 1.82) is 0 Å². The largest absolute Gasteiger partial charge is 0.490 e. The Balaban J connectivity index is 0.000000593. The molecule has 0 amide bonds. The van der Waals surface area contributed by atoms with Gasteiger partial charge in [0, 0.05) is 18.0 Å². The lowest BCUT2D eigenvalue weighted by atomic mass is 10.1. The molecule has 0 saturated carbocycles. The molecule has 23 heavy (non-hydrogen) atoms. The van der Waals surface area contributed by atoms with Crippen LogP contribution in [0, 0.1) is 10.1 Å². The summed E-state index contributed by atoms with van der Waals surface area (Å²) in [5.41, 5.74) is 0. The monoisotopic (exact) mass is 322 g/mol. The molecule has 0 aliphatic carbocycles. The van der Waals surface area contributed by atoms with E-state index in [4.69, 9.17) is 20.1 Å². The van der Waals surface area contributed by atoms with Gasteiger partial charge in [0.25, 0.3) is 5.09 Å². The lowest BCUT2D eigenvalue weighted by Gasteiger charge is -2.15. The van der Waals surface area contributed by atoms with E-state index in [9.17, 15) is 5.11 Å². The quantitative estimate of drug-likeness (QED) is 0.556. The van der Waals surface area contributed by atoms with Crippen molar-refractivity contribution in [2.45, 2.75) is 26.0 Å². The summed E-state index contributed by atoms with van der Waals surface area (Å²) < 4.78 is 5.72. The predicted molar refractivity (Wildman–Crippen MR) is 87.4 cm³/mol. The smallest absolute Gasteiger partial charge is 0.291 e. The average Bonchev–Trinajstić information content (AvgIpc) is 2.50. The molecule has 0 heterocycles. The number of aliphatic hydroxyl groups excluding tert-OH is 1. The fourth-order valence-corrected chi connectivity index (χ4v) is 1.94. The molecule has 0 radical (unpaired) electrons. The number of aliphatic hydroxyl groups is 1. The molecule has 0 saturated heterocycles. The zero-order valence-electron chi connectivity index (χ0n) is 13.2. The fourth-order valence-electron chi connectivity index (χ4n) is 1.94. The molecule has 0 aromatic heterocycles. The van der Waals surface area contributed by atoms with E-state index in [1.54, 1.807) is 0 Å². The van der Waals surface area contributed by atoms with Gasteiger partial charge in [-0.3, -0.25) is 0 Å². The fraction of sp³-hybridized carbons (Fsp3) is 0.375. The molecule has 0 fully saturated rings. The molecule has 3 N–H and O–H groups in total. The van der Waals surface area contributed by atoms with E-state index in [1.807, 2.05) is 30.3 Å². The van der Waals surface area contributed by atoms with Gasteiger partial charge < -0.3 is 20.4 Å². The molecule has 0 bridgehead atoms. The standard InChI is InChI=1S/C16H21NO2.HNO3/c1-12(2)17-10-14(18)11-19-16-9-5-7-13-6-3-4-8-15(13)16;2-1(3)4/h3-9,12,14,17-18H,10-11H2,1-2H3;(H,2,3,4). The normalized spacial score (nSPS) is 11.7. The molecule has 126 valence electrons. The Kier molecular flexibility index (Phi) is 7.79. The molecule has 0 aliphatic rings. The molecule has 7 nitrogen and oxygen atoms in total. The molecule has 2 rings (SSSR count). The Labute approximate surface area is 134 Å². The number of hydrogen-bond donors (Lipinski definition) is 3. The van der Waals surface area contributed by atoms with E-state index in [2.05, 4.69) is 31.3 Å². The molecular formula is C16H22N2O5. The summed E-state index contributed by atoms with van der Waals surface area (Å²) in [7, 11) is 0. The minimum absolute atomic E-state index is 0.299. The Hall–Kier alpha value is -2.38. The van der Waals surface area contributed by atoms with Crippen molar-refractivity contribution in [3.63, 3.8) is 0 Å². The van der Waals surface area contributed by atoms with Crippen LogP contribution < -0.4 is 10.1 Å². The zero-order chi connectivity index (χ0) is 17.2.